The summed E-state index contributed by atoms with van der Waals surface area (Å²) >= 11 is 7.10. The molecule has 160 valence electrons. The highest BCUT2D eigenvalue weighted by atomic mass is 35.5. The molecule has 0 aliphatic rings. The molecule has 0 bridgehead atoms. The third-order valence-corrected chi connectivity index (χ3v) is 5.66. The van der Waals surface area contributed by atoms with E-state index in [1.54, 1.807) is 18.5 Å². The Labute approximate surface area is 192 Å². The molecule has 0 radical (unpaired) electrons. The molecule has 0 unspecified atom stereocenters. The van der Waals surface area contributed by atoms with Gasteiger partial charge < -0.3 is 10.4 Å². The largest absolute Gasteiger partial charge is 0.478 e. The zero-order valence-corrected chi connectivity index (χ0v) is 18.0. The number of anilines is 1. The summed E-state index contributed by atoms with van der Waals surface area (Å²) in [5.74, 6) is -0.807. The van der Waals surface area contributed by atoms with Gasteiger partial charge in [-0.1, -0.05) is 41.6 Å². The van der Waals surface area contributed by atoms with Crippen molar-refractivity contribution in [2.24, 2.45) is 0 Å². The van der Waals surface area contributed by atoms with Crippen LogP contribution in [0.5, 0.6) is 0 Å². The molecule has 2 heterocycles. The Bertz CT molecular complexity index is 1270. The number of carbonyl (C=O) groups is 2. The maximum absolute atomic E-state index is 12.5. The van der Waals surface area contributed by atoms with E-state index in [-0.39, 0.29) is 22.2 Å². The number of carboxylic acid groups (broad SMARTS) is 1. The summed E-state index contributed by atoms with van der Waals surface area (Å²) in [6.07, 6.45) is 3.36. The zero-order chi connectivity index (χ0) is 22.5. The van der Waals surface area contributed by atoms with Crippen LogP contribution in [0.25, 0.3) is 17.1 Å². The SMILES string of the molecule is O=C(CSc1nnc(-c2ccncc2)n1-c1ccccc1)Nc1ccc(Cl)c(C(=O)O)c1. The summed E-state index contributed by atoms with van der Waals surface area (Å²) in [5, 5.41) is 21.1. The number of aromatic nitrogens is 4. The van der Waals surface area contributed by atoms with Crippen molar-refractivity contribution in [1.82, 2.24) is 19.7 Å². The second kappa shape index (κ2) is 9.63. The van der Waals surface area contributed by atoms with Gasteiger partial charge in [0.1, 0.15) is 0 Å². The van der Waals surface area contributed by atoms with Crippen LogP contribution in [0.1, 0.15) is 10.4 Å². The number of rotatable bonds is 7. The van der Waals surface area contributed by atoms with Crippen molar-refractivity contribution in [2.45, 2.75) is 5.16 Å². The number of hydrogen-bond donors (Lipinski definition) is 2. The highest BCUT2D eigenvalue weighted by Gasteiger charge is 2.17. The molecule has 0 aliphatic carbocycles. The van der Waals surface area contributed by atoms with Crippen molar-refractivity contribution in [3.05, 3.63) is 83.6 Å². The molecule has 4 rings (SSSR count). The lowest BCUT2D eigenvalue weighted by atomic mass is 10.2. The second-order valence-corrected chi connectivity index (χ2v) is 7.90. The van der Waals surface area contributed by atoms with Crippen LogP contribution in [0.4, 0.5) is 5.69 Å². The first-order valence-electron chi connectivity index (χ1n) is 9.39. The number of benzene rings is 2. The van der Waals surface area contributed by atoms with Crippen molar-refractivity contribution in [2.75, 3.05) is 11.1 Å². The van der Waals surface area contributed by atoms with Crippen LogP contribution in [0, 0.1) is 0 Å². The number of nitrogens with one attached hydrogen (secondary N) is 1. The number of halogens is 1. The number of para-hydroxylation sites is 1. The molecule has 4 aromatic rings. The predicted octanol–water partition coefficient (Wildman–Crippen LogP) is 4.41. The molecule has 0 saturated carbocycles. The summed E-state index contributed by atoms with van der Waals surface area (Å²) in [7, 11) is 0. The van der Waals surface area contributed by atoms with Gasteiger partial charge >= 0.3 is 5.97 Å². The highest BCUT2D eigenvalue weighted by Crippen LogP contribution is 2.28. The van der Waals surface area contributed by atoms with Crippen molar-refractivity contribution in [3.8, 4) is 17.1 Å². The fourth-order valence-corrected chi connectivity index (χ4v) is 3.91. The number of carbonyl (C=O) groups excluding carboxylic acids is 1. The molecule has 8 nitrogen and oxygen atoms in total. The standard InChI is InChI=1S/C22H16ClN5O3S/c23-18-7-6-15(12-17(18)21(30)31)25-19(29)13-32-22-27-26-20(14-8-10-24-11-9-14)28(22)16-4-2-1-3-5-16/h1-12H,13H2,(H,25,29)(H,30,31). The van der Waals surface area contributed by atoms with Gasteiger partial charge in [-0.25, -0.2) is 4.79 Å². The van der Waals surface area contributed by atoms with Crippen molar-refractivity contribution < 1.29 is 14.7 Å². The van der Waals surface area contributed by atoms with E-state index < -0.39 is 5.97 Å². The van der Waals surface area contributed by atoms with Gasteiger partial charge in [0.25, 0.3) is 0 Å². The minimum Gasteiger partial charge on any atom is -0.478 e. The molecule has 0 aliphatic heterocycles. The first-order chi connectivity index (χ1) is 15.5. The molecule has 32 heavy (non-hydrogen) atoms. The molecule has 10 heteroatoms. The number of amides is 1. The molecule has 2 aromatic carbocycles. The summed E-state index contributed by atoms with van der Waals surface area (Å²) < 4.78 is 1.87. The lowest BCUT2D eigenvalue weighted by Gasteiger charge is -2.10. The summed E-state index contributed by atoms with van der Waals surface area (Å²) in [4.78, 5) is 27.8. The van der Waals surface area contributed by atoms with Gasteiger partial charge in [0.15, 0.2) is 11.0 Å². The van der Waals surface area contributed by atoms with E-state index >= 15 is 0 Å². The number of thioether (sulfide) groups is 1. The fraction of sp³-hybridized carbons (Fsp3) is 0.0455. The van der Waals surface area contributed by atoms with Gasteiger partial charge in [0.2, 0.25) is 5.91 Å². The lowest BCUT2D eigenvalue weighted by Crippen LogP contribution is -2.15. The average Bonchev–Trinajstić information content (AvgIpc) is 3.24. The number of carboxylic acids is 1. The third kappa shape index (κ3) is 4.79. The molecule has 0 spiro atoms. The van der Waals surface area contributed by atoms with Crippen LogP contribution >= 0.6 is 23.4 Å². The van der Waals surface area contributed by atoms with Crippen molar-refractivity contribution in [3.63, 3.8) is 0 Å². The Morgan fingerprint density at radius 1 is 1.03 bits per heavy atom. The van der Waals surface area contributed by atoms with Crippen molar-refractivity contribution >= 4 is 40.9 Å². The van der Waals surface area contributed by atoms with E-state index in [4.69, 9.17) is 11.6 Å². The van der Waals surface area contributed by atoms with Crippen LogP contribution in [-0.2, 0) is 4.79 Å². The summed E-state index contributed by atoms with van der Waals surface area (Å²) in [5.41, 5.74) is 1.97. The monoisotopic (exact) mass is 465 g/mol. The van der Waals surface area contributed by atoms with Crippen LogP contribution < -0.4 is 5.32 Å². The van der Waals surface area contributed by atoms with Gasteiger partial charge in [0.05, 0.1) is 16.3 Å². The molecule has 1 amide bonds. The number of aromatic carboxylic acids is 1. The van der Waals surface area contributed by atoms with Crippen molar-refractivity contribution in [1.29, 1.82) is 0 Å². The minimum absolute atomic E-state index is 0.0480. The van der Waals surface area contributed by atoms with Crippen LogP contribution in [0.3, 0.4) is 0 Å². The normalized spacial score (nSPS) is 10.7. The molecule has 2 N–H and O–H groups in total. The minimum atomic E-state index is -1.17. The van der Waals surface area contributed by atoms with E-state index in [9.17, 15) is 14.7 Å². The molecule has 0 atom stereocenters. The van der Waals surface area contributed by atoms with Crippen LogP contribution in [0.2, 0.25) is 5.02 Å². The van der Waals surface area contributed by atoms with Crippen LogP contribution in [-0.4, -0.2) is 42.5 Å². The first-order valence-corrected chi connectivity index (χ1v) is 10.8. The molecule has 0 fully saturated rings. The van der Waals surface area contributed by atoms with Crippen LogP contribution in [0.15, 0.2) is 78.2 Å². The molecular weight excluding hydrogens is 450 g/mol. The number of nitrogens with zero attached hydrogens (tertiary/aromatic N) is 4. The summed E-state index contributed by atoms with van der Waals surface area (Å²) in [6.45, 7) is 0. The fourth-order valence-electron chi connectivity index (χ4n) is 2.96. The number of hydrogen-bond acceptors (Lipinski definition) is 6. The van der Waals surface area contributed by atoms with Gasteiger partial charge in [-0.2, -0.15) is 0 Å². The Kier molecular flexibility index (Phi) is 6.48. The predicted molar refractivity (Wildman–Crippen MR) is 122 cm³/mol. The van der Waals surface area contributed by atoms with Gasteiger partial charge in [-0.15, -0.1) is 10.2 Å². The van der Waals surface area contributed by atoms with E-state index in [1.165, 1.54) is 23.9 Å². The highest BCUT2D eigenvalue weighted by molar-refractivity contribution is 7.99. The molecule has 2 aromatic heterocycles. The average molecular weight is 466 g/mol. The lowest BCUT2D eigenvalue weighted by molar-refractivity contribution is -0.113. The number of pyridine rings is 1. The van der Waals surface area contributed by atoms with Gasteiger partial charge in [-0.05, 0) is 42.5 Å². The van der Waals surface area contributed by atoms with Gasteiger partial charge in [-0.3, -0.25) is 14.3 Å². The quantitative estimate of drug-likeness (QED) is 0.389. The van der Waals surface area contributed by atoms with E-state index in [0.717, 1.165) is 11.3 Å². The topological polar surface area (TPSA) is 110 Å². The Morgan fingerprint density at radius 3 is 2.50 bits per heavy atom. The molecule has 0 saturated heterocycles. The van der Waals surface area contributed by atoms with E-state index in [2.05, 4.69) is 20.5 Å². The smallest absolute Gasteiger partial charge is 0.337 e. The maximum Gasteiger partial charge on any atom is 0.337 e. The van der Waals surface area contributed by atoms with E-state index in [0.29, 0.717) is 16.7 Å². The van der Waals surface area contributed by atoms with Gasteiger partial charge in [0, 0.05) is 29.3 Å². The Morgan fingerprint density at radius 2 is 1.78 bits per heavy atom. The summed E-state index contributed by atoms with van der Waals surface area (Å²) in [6, 6.07) is 17.6. The Balaban J connectivity index is 1.55. The Hall–Kier alpha value is -3.69. The molecular formula is C22H16ClN5O3S. The maximum atomic E-state index is 12.5. The zero-order valence-electron chi connectivity index (χ0n) is 16.5. The first kappa shape index (κ1) is 21.5. The van der Waals surface area contributed by atoms with E-state index in [1.807, 2.05) is 47.0 Å². The third-order valence-electron chi connectivity index (χ3n) is 4.40. The second-order valence-electron chi connectivity index (χ2n) is 6.55.